The van der Waals surface area contributed by atoms with Crippen LogP contribution in [0.5, 0.6) is 0 Å². The molecule has 378 valence electrons. The van der Waals surface area contributed by atoms with Crippen LogP contribution in [0.3, 0.4) is 0 Å². The third-order valence-electron chi connectivity index (χ3n) is 9.03. The van der Waals surface area contributed by atoms with E-state index in [1.54, 1.807) is 27.7 Å². The van der Waals surface area contributed by atoms with Crippen LogP contribution in [0.15, 0.2) is 58.3 Å². The van der Waals surface area contributed by atoms with Crippen LogP contribution < -0.4 is 36.9 Å². The van der Waals surface area contributed by atoms with Crippen LogP contribution in [0.4, 0.5) is 11.4 Å². The summed E-state index contributed by atoms with van der Waals surface area (Å²) in [6, 6.07) is 8.43. The van der Waals surface area contributed by atoms with Crippen molar-refractivity contribution < 1.29 is 80.0 Å². The molecule has 0 bridgehead atoms. The number of anilines is 2. The maximum absolute atomic E-state index is 13.3. The van der Waals surface area contributed by atoms with Gasteiger partial charge in [0, 0.05) is 50.0 Å². The highest BCUT2D eigenvalue weighted by molar-refractivity contribution is 7.89. The molecule has 0 unspecified atom stereocenters. The Morgan fingerprint density at radius 2 is 1.12 bits per heavy atom. The number of carbonyl (C=O) groups is 9. The zero-order valence-corrected chi connectivity index (χ0v) is 39.6. The number of aldehydes is 1. The van der Waals surface area contributed by atoms with E-state index in [1.165, 1.54) is 58.3 Å². The number of hydrogen-bond acceptors (Lipinski definition) is 16. The lowest BCUT2D eigenvalue weighted by molar-refractivity contribution is -0.142. The van der Waals surface area contributed by atoms with E-state index in [0.717, 1.165) is 6.92 Å². The van der Waals surface area contributed by atoms with Gasteiger partial charge in [0.1, 0.15) is 12.3 Å². The highest BCUT2D eigenvalue weighted by Crippen LogP contribution is 2.23. The molecule has 5 amide bonds. The lowest BCUT2D eigenvalue weighted by Crippen LogP contribution is -2.51. The number of hydrogen-bond donors (Lipinski definition) is 10. The largest absolute Gasteiger partial charge is 0.481 e. The van der Waals surface area contributed by atoms with E-state index in [2.05, 4.69) is 26.6 Å². The van der Waals surface area contributed by atoms with Crippen molar-refractivity contribution in [2.45, 2.75) is 68.9 Å². The fourth-order valence-corrected chi connectivity index (χ4v) is 6.52. The number of carboxylic acids is 3. The Labute approximate surface area is 392 Å². The number of amides is 5. The Hall–Kier alpha value is -6.43. The summed E-state index contributed by atoms with van der Waals surface area (Å²) < 4.78 is 52.4. The van der Waals surface area contributed by atoms with Crippen LogP contribution in [0.2, 0.25) is 0 Å². The van der Waals surface area contributed by atoms with Crippen molar-refractivity contribution in [1.82, 2.24) is 25.8 Å². The molecule has 26 nitrogen and oxygen atoms in total. The van der Waals surface area contributed by atoms with Gasteiger partial charge in [-0.15, -0.1) is 0 Å². The van der Waals surface area contributed by atoms with Gasteiger partial charge in [-0.1, -0.05) is 13.8 Å². The number of primary sulfonamides is 2. The second kappa shape index (κ2) is 27.4. The molecule has 0 saturated heterocycles. The molecule has 0 aromatic heterocycles. The van der Waals surface area contributed by atoms with E-state index in [-0.39, 0.29) is 60.4 Å². The van der Waals surface area contributed by atoms with E-state index in [4.69, 9.17) is 24.9 Å². The zero-order valence-electron chi connectivity index (χ0n) is 38.0. The quantitative estimate of drug-likeness (QED) is 0.0410. The summed E-state index contributed by atoms with van der Waals surface area (Å²) in [4.78, 5) is 110. The van der Waals surface area contributed by atoms with Crippen LogP contribution in [-0.2, 0) is 67.9 Å². The van der Waals surface area contributed by atoms with Gasteiger partial charge in [-0.3, -0.25) is 48.2 Å². The van der Waals surface area contributed by atoms with Gasteiger partial charge < -0.3 is 51.4 Å². The third kappa shape index (κ3) is 24.9. The summed E-state index contributed by atoms with van der Waals surface area (Å²) in [5.74, 6) is -6.88. The molecular weight excluding hydrogens is 943 g/mol. The number of nitrogens with one attached hydrogen (secondary N) is 5. The molecular formula is C40H59N9O17S2. The summed E-state index contributed by atoms with van der Waals surface area (Å²) in [5, 5.41) is 48.8. The molecule has 28 heteroatoms. The summed E-state index contributed by atoms with van der Waals surface area (Å²) in [6.45, 7) is 4.80. The monoisotopic (exact) mass is 1000 g/mol. The van der Waals surface area contributed by atoms with E-state index < -0.39 is 117 Å². The lowest BCUT2D eigenvalue weighted by Gasteiger charge is -2.30. The summed E-state index contributed by atoms with van der Waals surface area (Å²) in [6.07, 6.45) is -0.229. The second-order valence-electron chi connectivity index (χ2n) is 16.1. The first kappa shape index (κ1) is 59.6. The number of carbonyl (C=O) groups excluding carboxylic acids is 6. The predicted molar refractivity (Wildman–Crippen MR) is 241 cm³/mol. The first-order valence-corrected chi connectivity index (χ1v) is 23.3. The van der Waals surface area contributed by atoms with Crippen LogP contribution in [0.1, 0.15) is 47.5 Å². The molecule has 0 fully saturated rings. The molecule has 0 saturated carbocycles. The fraction of sp³-hybridized carbons (Fsp3) is 0.475. The van der Waals surface area contributed by atoms with E-state index in [1.807, 2.05) is 0 Å². The number of rotatable bonds is 28. The van der Waals surface area contributed by atoms with Crippen molar-refractivity contribution in [1.29, 1.82) is 0 Å². The average Bonchev–Trinajstić information content (AvgIpc) is 3.19. The lowest BCUT2D eigenvalue weighted by atomic mass is 9.88. The van der Waals surface area contributed by atoms with Crippen molar-refractivity contribution in [2.75, 3.05) is 69.6 Å². The van der Waals surface area contributed by atoms with Crippen molar-refractivity contribution in [3.63, 3.8) is 0 Å². The Bertz CT molecular complexity index is 2320. The highest BCUT2D eigenvalue weighted by Gasteiger charge is 2.33. The Kier molecular flexibility index (Phi) is 24.0. The molecule has 68 heavy (non-hydrogen) atoms. The molecule has 12 N–H and O–H groups in total. The zero-order chi connectivity index (χ0) is 52.0. The van der Waals surface area contributed by atoms with Gasteiger partial charge in [0.25, 0.3) is 5.97 Å². The Balaban J connectivity index is 0.00000554. The smallest absolute Gasteiger partial charge is 0.317 e. The molecule has 2 aromatic carbocycles. The number of sulfonamides is 2. The first-order valence-electron chi connectivity index (χ1n) is 20.2. The van der Waals surface area contributed by atoms with Gasteiger partial charge in [-0.25, -0.2) is 27.1 Å². The number of carboxylic acid groups (broad SMARTS) is 3. The number of aliphatic carboxylic acids is 3. The maximum atomic E-state index is 13.3. The minimum Gasteiger partial charge on any atom is -0.481 e. The van der Waals surface area contributed by atoms with Gasteiger partial charge in [-0.05, 0) is 68.8 Å². The Morgan fingerprint density at radius 1 is 0.691 bits per heavy atom. The standard InChI is InChI=1S/C38H55N9O15S2.C2H4O2/c1-37(2,36(57)45-29(19-33(52)53)35(56)41-14-17-48)13-18-62-38(3,4)24-42-30(49)20-46(21-31(50)43-25-5-9-27(10-6-25)63(39,58)59)15-16-47(23-34(54)55)22-32(51)44-26-7-11-28(12-8-26)64(40,60)61;1-2(3)4/h5-12,17,29H,13-16,18-24H2,1-4H3,(H,41,56)(H,42,49)(H,43,50)(H,44,51)(H,45,57)(H,52,53)(H,54,55)(H2,39,58,59)(H2,40,60,61);1H3,(H,3,4)/t29-;/m0./s1. The third-order valence-corrected chi connectivity index (χ3v) is 10.9. The normalized spacial score (nSPS) is 12.1. The van der Waals surface area contributed by atoms with Crippen molar-refractivity contribution in [2.24, 2.45) is 15.7 Å². The second-order valence-corrected chi connectivity index (χ2v) is 19.2. The molecule has 2 rings (SSSR count). The molecule has 2 aromatic rings. The molecule has 0 aliphatic rings. The predicted octanol–water partition coefficient (Wildman–Crippen LogP) is -2.06. The van der Waals surface area contributed by atoms with Crippen LogP contribution in [-0.4, -0.2) is 166 Å². The summed E-state index contributed by atoms with van der Waals surface area (Å²) >= 11 is 0. The number of benzene rings is 2. The average molecular weight is 1000 g/mol. The van der Waals surface area contributed by atoms with Gasteiger partial charge in [-0.2, -0.15) is 0 Å². The number of ether oxygens (including phenoxy) is 1. The van der Waals surface area contributed by atoms with Gasteiger partial charge in [0.2, 0.25) is 49.6 Å². The first-order chi connectivity index (χ1) is 31.3. The van der Waals surface area contributed by atoms with Crippen molar-refractivity contribution >= 4 is 85.2 Å². The van der Waals surface area contributed by atoms with E-state index in [0.29, 0.717) is 6.29 Å². The van der Waals surface area contributed by atoms with E-state index in [9.17, 15) is 65.4 Å². The molecule has 0 radical (unpaired) electrons. The summed E-state index contributed by atoms with van der Waals surface area (Å²) in [7, 11) is -8.00. The maximum Gasteiger partial charge on any atom is 0.317 e. The topological polar surface area (TPSA) is 410 Å². The highest BCUT2D eigenvalue weighted by atomic mass is 32.2. The van der Waals surface area contributed by atoms with Crippen molar-refractivity contribution in [3.8, 4) is 0 Å². The minimum absolute atomic E-state index is 0.0252. The Morgan fingerprint density at radius 3 is 1.51 bits per heavy atom. The van der Waals surface area contributed by atoms with Crippen LogP contribution in [0.25, 0.3) is 0 Å². The van der Waals surface area contributed by atoms with E-state index >= 15 is 0 Å². The molecule has 0 aliphatic heterocycles. The van der Waals surface area contributed by atoms with Gasteiger partial charge >= 0.3 is 11.9 Å². The molecule has 1 atom stereocenters. The number of nitrogens with two attached hydrogens (primary N) is 2. The fourth-order valence-electron chi connectivity index (χ4n) is 5.49. The summed E-state index contributed by atoms with van der Waals surface area (Å²) in [5.41, 5.74) is -1.80. The molecule has 0 aliphatic carbocycles. The molecule has 0 heterocycles. The van der Waals surface area contributed by atoms with Gasteiger partial charge in [0.05, 0.1) is 54.5 Å². The molecule has 0 spiro atoms. The number of nitrogens with zero attached hydrogens (tertiary/aromatic N) is 2. The SMILES string of the molecule is CC(=O)O.CC(C)(CNC(=O)CN(CCN(CC(=O)O)CC(=O)Nc1ccc(S(N)(=O)=O)cc1)CC(=O)Nc1ccc(S(N)(=O)=O)cc1)OCCC(C)(C)C(=O)N[C@@H](CC(=O)O)C(=O)NCC=O. The van der Waals surface area contributed by atoms with Crippen LogP contribution >= 0.6 is 0 Å². The minimum atomic E-state index is -4.01. The van der Waals surface area contributed by atoms with Crippen molar-refractivity contribution in [3.05, 3.63) is 48.5 Å². The van der Waals surface area contributed by atoms with Crippen LogP contribution in [0, 0.1) is 5.41 Å². The van der Waals surface area contributed by atoms with Gasteiger partial charge in [0.15, 0.2) is 0 Å².